The summed E-state index contributed by atoms with van der Waals surface area (Å²) in [7, 11) is 2.23. The van der Waals surface area contributed by atoms with Gasteiger partial charge in [-0.05, 0) is 50.6 Å². The van der Waals surface area contributed by atoms with Gasteiger partial charge in [0.05, 0.1) is 11.3 Å². The number of benzene rings is 1. The predicted molar refractivity (Wildman–Crippen MR) is 111 cm³/mol. The van der Waals surface area contributed by atoms with Crippen LogP contribution in [-0.4, -0.2) is 45.6 Å². The molecular weight excluding hydrogens is 370 g/mol. The second-order valence-corrected chi connectivity index (χ2v) is 9.27. The minimum atomic E-state index is -0.107. The van der Waals surface area contributed by atoms with E-state index in [1.54, 1.807) is 0 Å². The van der Waals surface area contributed by atoms with Gasteiger partial charge in [0.2, 0.25) is 5.13 Å². The van der Waals surface area contributed by atoms with Crippen molar-refractivity contribution in [2.75, 3.05) is 18.9 Å². The molecule has 3 aromatic rings. The van der Waals surface area contributed by atoms with E-state index in [1.807, 2.05) is 6.92 Å². The molecule has 6 nitrogen and oxygen atoms in total. The molecule has 3 atom stereocenters. The number of carbonyl (C=O) groups is 1. The van der Waals surface area contributed by atoms with Crippen molar-refractivity contribution >= 4 is 38.9 Å². The molecule has 6 rings (SSSR count). The number of fused-ring (bicyclic) bond motifs is 3. The lowest BCUT2D eigenvalue weighted by molar-refractivity contribution is -0.111. The number of anilines is 1. The number of aromatic amines is 1. The lowest BCUT2D eigenvalue weighted by atomic mass is 9.70. The van der Waals surface area contributed by atoms with Crippen LogP contribution in [0.1, 0.15) is 46.5 Å². The zero-order valence-electron chi connectivity index (χ0n) is 15.8. The Bertz CT molecular complexity index is 1160. The van der Waals surface area contributed by atoms with Crippen molar-refractivity contribution in [1.29, 1.82) is 0 Å². The molecule has 0 spiro atoms. The van der Waals surface area contributed by atoms with Gasteiger partial charge in [-0.25, -0.2) is 0 Å². The van der Waals surface area contributed by atoms with Crippen LogP contribution < -0.4 is 5.32 Å². The zero-order chi connectivity index (χ0) is 19.0. The highest BCUT2D eigenvalue weighted by Crippen LogP contribution is 2.54. The fourth-order valence-corrected chi connectivity index (χ4v) is 6.11. The normalized spacial score (nSPS) is 25.6. The summed E-state index contributed by atoms with van der Waals surface area (Å²) < 4.78 is 0. The quantitative estimate of drug-likeness (QED) is 0.699. The molecule has 0 bridgehead atoms. The first kappa shape index (κ1) is 16.4. The predicted octanol–water partition coefficient (Wildman–Crippen LogP) is 3.64. The molecule has 3 heterocycles. The molecule has 1 aliphatic heterocycles. The summed E-state index contributed by atoms with van der Waals surface area (Å²) in [4.78, 5) is 19.2. The minimum absolute atomic E-state index is 0.107. The van der Waals surface area contributed by atoms with Gasteiger partial charge in [-0.2, -0.15) is 0 Å². The molecule has 3 aliphatic rings. The smallest absolute Gasteiger partial charge is 0.259 e. The van der Waals surface area contributed by atoms with Crippen LogP contribution in [0.5, 0.6) is 0 Å². The number of carbonyl (C=O) groups excluding carboxylic acids is 1. The van der Waals surface area contributed by atoms with Crippen LogP contribution >= 0.6 is 11.3 Å². The summed E-state index contributed by atoms with van der Waals surface area (Å²) in [6.07, 6.45) is 4.62. The van der Waals surface area contributed by atoms with Gasteiger partial charge in [-0.15, -0.1) is 10.2 Å². The second-order valence-electron chi connectivity index (χ2n) is 8.09. The van der Waals surface area contributed by atoms with Gasteiger partial charge in [0.1, 0.15) is 5.01 Å². The molecule has 2 aliphatic carbocycles. The van der Waals surface area contributed by atoms with Crippen LogP contribution in [0.4, 0.5) is 5.13 Å². The molecule has 142 valence electrons. The van der Waals surface area contributed by atoms with E-state index in [0.717, 1.165) is 28.3 Å². The number of piperidine rings is 1. The Morgan fingerprint density at radius 1 is 1.36 bits per heavy atom. The molecule has 0 saturated carbocycles. The van der Waals surface area contributed by atoms with E-state index in [4.69, 9.17) is 0 Å². The number of likely N-dealkylation sites (N-methyl/N-ethyl adjacent to an activating group) is 1. The largest absolute Gasteiger partial charge is 0.354 e. The summed E-state index contributed by atoms with van der Waals surface area (Å²) in [5.41, 5.74) is 5.60. The number of nitrogens with zero attached hydrogens (tertiary/aromatic N) is 3. The number of rotatable bonds is 2. The third-order valence-electron chi connectivity index (χ3n) is 6.55. The summed E-state index contributed by atoms with van der Waals surface area (Å²) in [6.45, 7) is 3.00. The van der Waals surface area contributed by atoms with E-state index in [-0.39, 0.29) is 11.8 Å². The van der Waals surface area contributed by atoms with Crippen molar-refractivity contribution in [2.24, 2.45) is 0 Å². The van der Waals surface area contributed by atoms with Gasteiger partial charge in [-0.3, -0.25) is 10.1 Å². The van der Waals surface area contributed by atoms with Crippen LogP contribution in [0.25, 0.3) is 16.5 Å². The van der Waals surface area contributed by atoms with Crippen molar-refractivity contribution in [3.63, 3.8) is 0 Å². The average molecular weight is 392 g/mol. The molecule has 2 unspecified atom stereocenters. The molecule has 0 radical (unpaired) electrons. The van der Waals surface area contributed by atoms with Crippen LogP contribution in [0.2, 0.25) is 0 Å². The summed E-state index contributed by atoms with van der Waals surface area (Å²) in [5, 5.41) is 13.7. The minimum Gasteiger partial charge on any atom is -0.354 e. The van der Waals surface area contributed by atoms with Crippen molar-refractivity contribution in [3.05, 3.63) is 46.1 Å². The fourth-order valence-electron chi connectivity index (χ4n) is 5.52. The molecule has 28 heavy (non-hydrogen) atoms. The topological polar surface area (TPSA) is 73.9 Å². The van der Waals surface area contributed by atoms with Crippen molar-refractivity contribution in [2.45, 2.75) is 37.6 Å². The molecule has 1 fully saturated rings. The standard InChI is InChI=1S/C21H21N5OS/c1-10-24-25-21(28-10)23-20(27)14-9-13-17-16-11(5-3-7-15(16)22-18(14)17)12-6-4-8-26(2)19(12)13/h3,5,7,9,12-13,19,22H,4,6,8H2,1-2H3,(H,23,25,27)/t12?,13?,19-/m0/s1. The van der Waals surface area contributed by atoms with Gasteiger partial charge < -0.3 is 9.88 Å². The average Bonchev–Trinajstić information content (AvgIpc) is 3.36. The van der Waals surface area contributed by atoms with Crippen LogP contribution in [-0.2, 0) is 4.79 Å². The number of hydrogen-bond acceptors (Lipinski definition) is 5. The molecular formula is C21H21N5OS. The third-order valence-corrected chi connectivity index (χ3v) is 7.30. The number of H-pyrrole nitrogens is 1. The number of hydrogen-bond donors (Lipinski definition) is 2. The molecule has 2 N–H and O–H groups in total. The number of aromatic nitrogens is 3. The highest BCUT2D eigenvalue weighted by Gasteiger charge is 2.46. The fraction of sp³-hybridized carbons (Fsp3) is 0.381. The van der Waals surface area contributed by atoms with E-state index < -0.39 is 0 Å². The highest BCUT2D eigenvalue weighted by atomic mass is 32.1. The molecule has 7 heteroatoms. The molecule has 1 amide bonds. The van der Waals surface area contributed by atoms with Crippen molar-refractivity contribution < 1.29 is 4.79 Å². The number of nitrogens with one attached hydrogen (secondary N) is 2. The van der Waals surface area contributed by atoms with E-state index in [2.05, 4.69) is 56.7 Å². The van der Waals surface area contributed by atoms with Crippen molar-refractivity contribution in [1.82, 2.24) is 20.1 Å². The van der Waals surface area contributed by atoms with Gasteiger partial charge in [-0.1, -0.05) is 29.5 Å². The highest BCUT2D eigenvalue weighted by molar-refractivity contribution is 7.15. The monoisotopic (exact) mass is 391 g/mol. The van der Waals surface area contributed by atoms with Crippen molar-refractivity contribution in [3.8, 4) is 0 Å². The van der Waals surface area contributed by atoms with E-state index in [1.165, 1.54) is 40.7 Å². The maximum Gasteiger partial charge on any atom is 0.259 e. The Balaban J connectivity index is 1.49. The number of aryl methyl sites for hydroxylation is 1. The van der Waals surface area contributed by atoms with Crippen LogP contribution in [0, 0.1) is 6.92 Å². The number of likely N-dealkylation sites (tertiary alicyclic amines) is 1. The first-order valence-corrected chi connectivity index (χ1v) is 10.6. The zero-order valence-corrected chi connectivity index (χ0v) is 16.6. The van der Waals surface area contributed by atoms with Gasteiger partial charge in [0.25, 0.3) is 5.91 Å². The van der Waals surface area contributed by atoms with E-state index >= 15 is 0 Å². The third kappa shape index (κ3) is 2.14. The van der Waals surface area contributed by atoms with Crippen LogP contribution in [0.3, 0.4) is 0 Å². The lowest BCUT2D eigenvalue weighted by Crippen LogP contribution is -2.46. The Hall–Kier alpha value is -2.51. The van der Waals surface area contributed by atoms with Gasteiger partial charge in [0.15, 0.2) is 0 Å². The van der Waals surface area contributed by atoms with Crippen LogP contribution in [0.15, 0.2) is 24.3 Å². The Labute approximate surface area is 166 Å². The molecule has 2 aromatic heterocycles. The maximum absolute atomic E-state index is 13.1. The molecule has 1 saturated heterocycles. The molecule has 1 aromatic carbocycles. The van der Waals surface area contributed by atoms with Gasteiger partial charge in [0, 0.05) is 28.8 Å². The second kappa shape index (κ2) is 5.75. The first-order chi connectivity index (χ1) is 13.6. The first-order valence-electron chi connectivity index (χ1n) is 9.80. The Morgan fingerprint density at radius 2 is 2.25 bits per heavy atom. The lowest BCUT2D eigenvalue weighted by Gasteiger charge is -2.45. The number of amides is 1. The van der Waals surface area contributed by atoms with E-state index in [9.17, 15) is 4.79 Å². The summed E-state index contributed by atoms with van der Waals surface area (Å²) >= 11 is 1.40. The Kier molecular flexibility index (Phi) is 3.38. The summed E-state index contributed by atoms with van der Waals surface area (Å²) in [6, 6.07) is 6.97. The Morgan fingerprint density at radius 3 is 3.07 bits per heavy atom. The summed E-state index contributed by atoms with van der Waals surface area (Å²) in [5.74, 6) is 0.670. The SMILES string of the molecule is Cc1nnc(NC(=O)C2=CC3c4c2[nH]c2cccc(c42)C2CCCN(C)[C@H]32)s1. The van der Waals surface area contributed by atoms with E-state index in [0.29, 0.717) is 17.1 Å². The maximum atomic E-state index is 13.1. The van der Waals surface area contributed by atoms with Gasteiger partial charge >= 0.3 is 0 Å².